The van der Waals surface area contributed by atoms with Gasteiger partial charge in [-0.15, -0.1) is 0 Å². The molecule has 1 aliphatic heterocycles. The molecule has 0 bridgehead atoms. The lowest BCUT2D eigenvalue weighted by Crippen LogP contribution is -2.39. The number of aromatic nitrogens is 5. The molecule has 0 saturated carbocycles. The number of fused-ring (bicyclic) bond motifs is 3. The molecule has 13 heteroatoms. The molecular weight excluding hydrogens is 697 g/mol. The summed E-state index contributed by atoms with van der Waals surface area (Å²) in [5.74, 6) is 5.87. The van der Waals surface area contributed by atoms with Gasteiger partial charge in [-0.05, 0) is 69.0 Å². The highest BCUT2D eigenvalue weighted by molar-refractivity contribution is 6.02. The fourth-order valence-corrected chi connectivity index (χ4v) is 7.50. The van der Waals surface area contributed by atoms with Crippen molar-refractivity contribution in [3.8, 4) is 23.2 Å². The molecule has 5 aromatic heterocycles. The number of benzene rings is 1. The Morgan fingerprint density at radius 1 is 0.982 bits per heavy atom. The maximum atomic E-state index is 12.9. The molecule has 2 aliphatic rings. The second kappa shape index (κ2) is 14.3. The molecule has 1 aromatic carbocycles. The van der Waals surface area contributed by atoms with E-state index in [-0.39, 0.29) is 47.9 Å². The Hall–Kier alpha value is -6.68. The summed E-state index contributed by atoms with van der Waals surface area (Å²) in [5.41, 5.74) is 7.34. The summed E-state index contributed by atoms with van der Waals surface area (Å²) in [5, 5.41) is 6.90. The van der Waals surface area contributed by atoms with Crippen LogP contribution in [0.2, 0.25) is 0 Å². The van der Waals surface area contributed by atoms with Crippen molar-refractivity contribution in [3.63, 3.8) is 0 Å². The minimum atomic E-state index is -0.467. The Bertz CT molecular complexity index is 2670. The molecule has 55 heavy (non-hydrogen) atoms. The first-order valence-electron chi connectivity index (χ1n) is 18.2. The lowest BCUT2D eigenvalue weighted by atomic mass is 9.82. The summed E-state index contributed by atoms with van der Waals surface area (Å²) >= 11 is 0. The van der Waals surface area contributed by atoms with Crippen LogP contribution in [0.4, 0.5) is 5.82 Å². The number of carbonyl (C=O) groups is 3. The smallest absolute Gasteiger partial charge is 0.270 e. The van der Waals surface area contributed by atoms with E-state index in [0.29, 0.717) is 34.5 Å². The second-order valence-electron chi connectivity index (χ2n) is 14.2. The van der Waals surface area contributed by atoms with E-state index in [1.54, 1.807) is 42.3 Å². The van der Waals surface area contributed by atoms with Gasteiger partial charge in [0.2, 0.25) is 11.8 Å². The number of hydrogen-bond acceptors (Lipinski definition) is 10. The Labute approximate surface area is 316 Å². The zero-order valence-corrected chi connectivity index (χ0v) is 30.9. The Kier molecular flexibility index (Phi) is 9.18. The van der Waals surface area contributed by atoms with Gasteiger partial charge in [0.05, 0.1) is 29.9 Å². The molecule has 2 unspecified atom stereocenters. The topological polar surface area (TPSA) is 165 Å². The number of imide groups is 1. The van der Waals surface area contributed by atoms with Crippen molar-refractivity contribution in [1.82, 2.24) is 35.1 Å². The predicted octanol–water partition coefficient (Wildman–Crippen LogP) is 4.68. The maximum absolute atomic E-state index is 12.9. The Balaban J connectivity index is 0.962. The number of anilines is 1. The SMILES string of the molecule is Cc1cc2c(C3CCCc4nc(-c5ccc(C(=O)NCC#Cc6ccc7occ(C8CCC(=O)NC8=O)c7c6)nc5)ncc43)nc(N(C)C)cc2n(C)c1=O. The first-order chi connectivity index (χ1) is 26.5. The molecule has 276 valence electrons. The number of piperidine rings is 1. The van der Waals surface area contributed by atoms with E-state index in [2.05, 4.69) is 27.5 Å². The number of aryl methyl sites for hydroxylation is 3. The normalized spacial score (nSPS) is 16.7. The number of furan rings is 1. The van der Waals surface area contributed by atoms with E-state index >= 15 is 0 Å². The van der Waals surface area contributed by atoms with Crippen molar-refractivity contribution in [3.05, 3.63) is 111 Å². The zero-order chi connectivity index (χ0) is 38.4. The average Bonchev–Trinajstić information content (AvgIpc) is 3.61. The summed E-state index contributed by atoms with van der Waals surface area (Å²) < 4.78 is 7.35. The number of carbonyl (C=O) groups excluding carboxylic acids is 3. The Morgan fingerprint density at radius 2 is 1.84 bits per heavy atom. The van der Waals surface area contributed by atoms with E-state index in [1.807, 2.05) is 56.4 Å². The fraction of sp³-hybridized carbons (Fsp3) is 0.286. The van der Waals surface area contributed by atoms with E-state index in [0.717, 1.165) is 63.9 Å². The number of hydrogen-bond donors (Lipinski definition) is 2. The van der Waals surface area contributed by atoms with Gasteiger partial charge >= 0.3 is 0 Å². The van der Waals surface area contributed by atoms with E-state index in [9.17, 15) is 19.2 Å². The second-order valence-corrected chi connectivity index (χ2v) is 14.2. The summed E-state index contributed by atoms with van der Waals surface area (Å²) in [6, 6.07) is 12.8. The summed E-state index contributed by atoms with van der Waals surface area (Å²) in [7, 11) is 5.69. The molecule has 1 aliphatic carbocycles. The van der Waals surface area contributed by atoms with Gasteiger partial charge in [0.1, 0.15) is 17.1 Å². The van der Waals surface area contributed by atoms with Gasteiger partial charge < -0.3 is 19.2 Å². The number of nitrogens with zero attached hydrogens (tertiary/aromatic N) is 6. The standard InChI is InChI=1S/C42H38N8O5/c1-23-17-29-34(50(4)42(23)54)19-36(49(2)3)47-38(29)26-8-5-9-32-30(26)21-45-39(46-32)25-11-13-33(44-20-25)41(53)43-16-6-7-24-10-14-35-28(18-24)31(22-55-35)27-12-15-37(51)48-40(27)52/h10-11,13-14,17-22,26-27H,5,8-9,12,15-16H2,1-4H3,(H,43,53)(H,48,51,52). The van der Waals surface area contributed by atoms with Crippen molar-refractivity contribution >= 4 is 45.4 Å². The Morgan fingerprint density at radius 3 is 2.62 bits per heavy atom. The first kappa shape index (κ1) is 35.4. The van der Waals surface area contributed by atoms with Crippen molar-refractivity contribution < 1.29 is 18.8 Å². The highest BCUT2D eigenvalue weighted by atomic mass is 16.3. The van der Waals surface area contributed by atoms with Gasteiger partial charge in [-0.25, -0.2) is 15.0 Å². The van der Waals surface area contributed by atoms with Crippen LogP contribution < -0.4 is 21.1 Å². The fourth-order valence-electron chi connectivity index (χ4n) is 7.50. The number of amides is 3. The quantitative estimate of drug-likeness (QED) is 0.181. The monoisotopic (exact) mass is 734 g/mol. The molecule has 0 radical (unpaired) electrons. The van der Waals surface area contributed by atoms with Gasteiger partial charge in [0.15, 0.2) is 5.82 Å². The van der Waals surface area contributed by atoms with Crippen LogP contribution >= 0.6 is 0 Å². The molecule has 3 amide bonds. The molecule has 1 fully saturated rings. The predicted molar refractivity (Wildman–Crippen MR) is 207 cm³/mol. The molecule has 8 rings (SSSR count). The summed E-state index contributed by atoms with van der Waals surface area (Å²) in [6.45, 7) is 1.93. The molecule has 6 aromatic rings. The van der Waals surface area contributed by atoms with Crippen LogP contribution in [0.5, 0.6) is 0 Å². The summed E-state index contributed by atoms with van der Waals surface area (Å²) in [4.78, 5) is 70.9. The van der Waals surface area contributed by atoms with Gasteiger partial charge in [-0.2, -0.15) is 0 Å². The third-order valence-corrected chi connectivity index (χ3v) is 10.4. The van der Waals surface area contributed by atoms with Crippen molar-refractivity contribution in [2.75, 3.05) is 25.5 Å². The van der Waals surface area contributed by atoms with Crippen LogP contribution in [0.15, 0.2) is 70.3 Å². The largest absolute Gasteiger partial charge is 0.464 e. The third kappa shape index (κ3) is 6.71. The van der Waals surface area contributed by atoms with Crippen molar-refractivity contribution in [2.45, 2.75) is 50.9 Å². The van der Waals surface area contributed by atoms with Crippen LogP contribution in [0.25, 0.3) is 33.3 Å². The highest BCUT2D eigenvalue weighted by Crippen LogP contribution is 2.39. The number of nitrogens with one attached hydrogen (secondary N) is 2. The molecular formula is C42H38N8O5. The van der Waals surface area contributed by atoms with Gasteiger partial charge in [-0.1, -0.05) is 11.8 Å². The van der Waals surface area contributed by atoms with E-state index in [1.165, 1.54) is 0 Å². The van der Waals surface area contributed by atoms with Crippen LogP contribution in [0.1, 0.15) is 81.6 Å². The molecule has 1 saturated heterocycles. The van der Waals surface area contributed by atoms with Crippen LogP contribution in [-0.4, -0.2) is 62.9 Å². The van der Waals surface area contributed by atoms with Crippen molar-refractivity contribution in [2.24, 2.45) is 7.05 Å². The number of pyridine rings is 3. The minimum Gasteiger partial charge on any atom is -0.464 e. The molecule has 0 spiro atoms. The van der Waals surface area contributed by atoms with Gasteiger partial charge in [0.25, 0.3) is 11.5 Å². The third-order valence-electron chi connectivity index (χ3n) is 10.4. The van der Waals surface area contributed by atoms with Gasteiger partial charge in [-0.3, -0.25) is 29.5 Å². The summed E-state index contributed by atoms with van der Waals surface area (Å²) in [6.07, 6.45) is 8.35. The first-order valence-corrected chi connectivity index (χ1v) is 18.2. The van der Waals surface area contributed by atoms with Crippen LogP contribution in [0.3, 0.4) is 0 Å². The highest BCUT2D eigenvalue weighted by Gasteiger charge is 2.31. The number of rotatable bonds is 6. The zero-order valence-electron chi connectivity index (χ0n) is 30.9. The maximum Gasteiger partial charge on any atom is 0.270 e. The van der Waals surface area contributed by atoms with Crippen LogP contribution in [0, 0.1) is 18.8 Å². The minimum absolute atomic E-state index is 0.0263. The molecule has 2 N–H and O–H groups in total. The van der Waals surface area contributed by atoms with E-state index in [4.69, 9.17) is 19.4 Å². The van der Waals surface area contributed by atoms with E-state index < -0.39 is 5.92 Å². The van der Waals surface area contributed by atoms with Crippen LogP contribution in [-0.2, 0) is 23.1 Å². The average molecular weight is 735 g/mol. The van der Waals surface area contributed by atoms with Gasteiger partial charge in [0, 0.05) is 96.2 Å². The van der Waals surface area contributed by atoms with Crippen molar-refractivity contribution in [1.29, 1.82) is 0 Å². The molecule has 6 heterocycles. The lowest BCUT2D eigenvalue weighted by molar-refractivity contribution is -0.134. The molecule has 13 nitrogen and oxygen atoms in total. The lowest BCUT2D eigenvalue weighted by Gasteiger charge is -2.27. The molecule has 2 atom stereocenters.